The van der Waals surface area contributed by atoms with Crippen molar-refractivity contribution in [2.75, 3.05) is 4.31 Å². The molecule has 0 saturated heterocycles. The smallest absolute Gasteiger partial charge is 0.457 e. The molecule has 0 bridgehead atoms. The summed E-state index contributed by atoms with van der Waals surface area (Å²) in [6.45, 7) is 0.994. The minimum Gasteiger partial charge on any atom is -0.457 e. The Kier molecular flexibility index (Phi) is 6.23. The van der Waals surface area contributed by atoms with E-state index in [-0.39, 0.29) is 20.6 Å². The SMILES string of the molecule is Cc1cc(N(Cc2cccnc2)S(=O)(=O)C(F)(F)F)c(Cl)cc1Oc1ccccc1. The fourth-order valence-corrected chi connectivity index (χ4v) is 3.93. The molecule has 0 amide bonds. The summed E-state index contributed by atoms with van der Waals surface area (Å²) in [6, 6.07) is 14.2. The van der Waals surface area contributed by atoms with Crippen molar-refractivity contribution >= 4 is 27.3 Å². The van der Waals surface area contributed by atoms with Gasteiger partial charge in [-0.1, -0.05) is 35.9 Å². The summed E-state index contributed by atoms with van der Waals surface area (Å²) >= 11 is 6.22. The van der Waals surface area contributed by atoms with Gasteiger partial charge in [-0.3, -0.25) is 9.29 Å². The van der Waals surface area contributed by atoms with E-state index in [1.807, 2.05) is 0 Å². The zero-order chi connectivity index (χ0) is 21.9. The molecule has 0 saturated carbocycles. The second-order valence-electron chi connectivity index (χ2n) is 6.30. The van der Waals surface area contributed by atoms with Crippen LogP contribution in [0, 0.1) is 6.92 Å². The van der Waals surface area contributed by atoms with Crippen molar-refractivity contribution < 1.29 is 26.3 Å². The summed E-state index contributed by atoms with van der Waals surface area (Å²) in [5, 5.41) is -0.205. The minimum atomic E-state index is -5.72. The van der Waals surface area contributed by atoms with Crippen molar-refractivity contribution in [1.29, 1.82) is 0 Å². The van der Waals surface area contributed by atoms with Gasteiger partial charge >= 0.3 is 15.5 Å². The van der Waals surface area contributed by atoms with Crippen molar-refractivity contribution in [2.24, 2.45) is 0 Å². The number of ether oxygens (including phenoxy) is 1. The number of sulfonamides is 1. The number of aryl methyl sites for hydroxylation is 1. The molecule has 3 rings (SSSR count). The summed E-state index contributed by atoms with van der Waals surface area (Å²) in [4.78, 5) is 3.82. The van der Waals surface area contributed by atoms with E-state index < -0.39 is 22.1 Å². The van der Waals surface area contributed by atoms with Gasteiger partial charge in [0.2, 0.25) is 0 Å². The Hall–Kier alpha value is -2.78. The highest BCUT2D eigenvalue weighted by Gasteiger charge is 2.50. The number of nitrogens with zero attached hydrogens (tertiary/aromatic N) is 2. The maximum Gasteiger partial charge on any atom is 0.516 e. The molecule has 0 aliphatic rings. The molecule has 0 aliphatic heterocycles. The maximum absolute atomic E-state index is 13.4. The van der Waals surface area contributed by atoms with E-state index in [2.05, 4.69) is 4.98 Å². The number of anilines is 1. The third kappa shape index (κ3) is 4.68. The summed E-state index contributed by atoms with van der Waals surface area (Å²) in [7, 11) is -5.72. The van der Waals surface area contributed by atoms with Crippen LogP contribution in [0.4, 0.5) is 18.9 Å². The van der Waals surface area contributed by atoms with Crippen LogP contribution in [-0.2, 0) is 16.6 Å². The molecule has 0 spiro atoms. The Labute approximate surface area is 176 Å². The first-order chi connectivity index (χ1) is 14.1. The van der Waals surface area contributed by atoms with Gasteiger partial charge in [-0.15, -0.1) is 0 Å². The van der Waals surface area contributed by atoms with Gasteiger partial charge in [0, 0.05) is 18.5 Å². The molecule has 30 heavy (non-hydrogen) atoms. The quantitative estimate of drug-likeness (QED) is 0.478. The van der Waals surface area contributed by atoms with E-state index in [0.717, 1.165) is 0 Å². The largest absolute Gasteiger partial charge is 0.516 e. The summed E-state index contributed by atoms with van der Waals surface area (Å²) in [5.41, 5.74) is -5.14. The molecule has 0 radical (unpaired) electrons. The Morgan fingerprint density at radius 3 is 2.40 bits per heavy atom. The highest BCUT2D eigenvalue weighted by Crippen LogP contribution is 2.40. The normalized spacial score (nSPS) is 11.9. The predicted octanol–water partition coefficient (Wildman–Crippen LogP) is 5.69. The number of alkyl halides is 3. The lowest BCUT2D eigenvalue weighted by Crippen LogP contribution is -2.40. The molecule has 1 heterocycles. The lowest BCUT2D eigenvalue weighted by molar-refractivity contribution is -0.0438. The van der Waals surface area contributed by atoms with Crippen LogP contribution in [0.1, 0.15) is 11.1 Å². The fourth-order valence-electron chi connectivity index (χ4n) is 2.65. The lowest BCUT2D eigenvalue weighted by Gasteiger charge is -2.27. The van der Waals surface area contributed by atoms with Crippen LogP contribution < -0.4 is 9.04 Å². The van der Waals surface area contributed by atoms with Crippen molar-refractivity contribution in [3.05, 3.63) is 83.1 Å². The minimum absolute atomic E-state index is 0.205. The van der Waals surface area contributed by atoms with Gasteiger partial charge in [0.25, 0.3) is 0 Å². The second kappa shape index (κ2) is 8.53. The van der Waals surface area contributed by atoms with Gasteiger partial charge in [-0.25, -0.2) is 0 Å². The third-order valence-corrected chi connectivity index (χ3v) is 5.91. The number of benzene rings is 2. The standard InChI is InChI=1S/C20H16ClF3N2O3S/c1-14-10-18(17(21)11-19(14)29-16-7-3-2-4-8-16)26(30(27,28)20(22,23)24)13-15-6-5-9-25-12-15/h2-12H,13H2,1H3. The number of pyridine rings is 1. The van der Waals surface area contributed by atoms with E-state index >= 15 is 0 Å². The number of para-hydroxylation sites is 1. The first-order valence-corrected chi connectivity index (χ1v) is 10.4. The van der Waals surface area contributed by atoms with Crippen LogP contribution in [0.25, 0.3) is 0 Å². The molecule has 1 aromatic heterocycles. The summed E-state index contributed by atoms with van der Waals surface area (Å²) < 4.78 is 70.6. The number of rotatable bonds is 6. The highest BCUT2D eigenvalue weighted by atomic mass is 35.5. The van der Waals surface area contributed by atoms with Crippen molar-refractivity contribution in [2.45, 2.75) is 19.0 Å². The molecule has 0 N–H and O–H groups in total. The van der Waals surface area contributed by atoms with Gasteiger partial charge < -0.3 is 4.74 Å². The first-order valence-electron chi connectivity index (χ1n) is 8.60. The van der Waals surface area contributed by atoms with Crippen LogP contribution >= 0.6 is 11.6 Å². The third-order valence-electron chi connectivity index (χ3n) is 4.12. The first kappa shape index (κ1) is 21.9. The number of hydrogen-bond acceptors (Lipinski definition) is 4. The monoisotopic (exact) mass is 456 g/mol. The van der Waals surface area contributed by atoms with E-state index in [0.29, 0.717) is 17.1 Å². The Morgan fingerprint density at radius 1 is 1.10 bits per heavy atom. The molecule has 0 aliphatic carbocycles. The van der Waals surface area contributed by atoms with Crippen LogP contribution in [0.5, 0.6) is 11.5 Å². The molecule has 10 heteroatoms. The van der Waals surface area contributed by atoms with E-state index in [9.17, 15) is 21.6 Å². The van der Waals surface area contributed by atoms with E-state index in [4.69, 9.17) is 16.3 Å². The molecular weight excluding hydrogens is 441 g/mol. The average molecular weight is 457 g/mol. The average Bonchev–Trinajstić information content (AvgIpc) is 2.69. The van der Waals surface area contributed by atoms with E-state index in [1.54, 1.807) is 37.3 Å². The van der Waals surface area contributed by atoms with Crippen LogP contribution in [-0.4, -0.2) is 18.9 Å². The van der Waals surface area contributed by atoms with Crippen LogP contribution in [0.2, 0.25) is 5.02 Å². The number of aromatic nitrogens is 1. The van der Waals surface area contributed by atoms with Crippen LogP contribution in [0.3, 0.4) is 0 Å². The van der Waals surface area contributed by atoms with Gasteiger partial charge in [0.05, 0.1) is 17.3 Å². The van der Waals surface area contributed by atoms with Crippen molar-refractivity contribution in [1.82, 2.24) is 4.98 Å². The summed E-state index contributed by atoms with van der Waals surface area (Å²) in [6.07, 6.45) is 2.71. The molecule has 0 fully saturated rings. The highest BCUT2D eigenvalue weighted by molar-refractivity contribution is 7.93. The Bertz CT molecular complexity index is 1130. The topological polar surface area (TPSA) is 59.5 Å². The van der Waals surface area contributed by atoms with Gasteiger partial charge in [-0.2, -0.15) is 21.6 Å². The van der Waals surface area contributed by atoms with Crippen molar-refractivity contribution in [3.63, 3.8) is 0 Å². The zero-order valence-corrected chi connectivity index (χ0v) is 17.2. The number of hydrogen-bond donors (Lipinski definition) is 0. The van der Waals surface area contributed by atoms with Crippen molar-refractivity contribution in [3.8, 4) is 11.5 Å². The maximum atomic E-state index is 13.4. The Morgan fingerprint density at radius 2 is 1.80 bits per heavy atom. The second-order valence-corrected chi connectivity index (χ2v) is 8.56. The van der Waals surface area contributed by atoms with Gasteiger partial charge in [0.15, 0.2) is 0 Å². The molecule has 3 aromatic rings. The molecule has 5 nitrogen and oxygen atoms in total. The molecule has 2 aromatic carbocycles. The van der Waals surface area contributed by atoms with Gasteiger partial charge in [-0.05, 0) is 42.3 Å². The molecular formula is C20H16ClF3N2O3S. The summed E-state index contributed by atoms with van der Waals surface area (Å²) in [5.74, 6) is 0.792. The molecule has 0 unspecified atom stereocenters. The van der Waals surface area contributed by atoms with Crippen LogP contribution in [0.15, 0.2) is 67.0 Å². The Balaban J connectivity index is 2.06. The lowest BCUT2D eigenvalue weighted by atomic mass is 10.2. The fraction of sp³-hybridized carbons (Fsp3) is 0.150. The number of halogens is 4. The molecule has 0 atom stereocenters. The zero-order valence-electron chi connectivity index (χ0n) is 15.6. The predicted molar refractivity (Wildman–Crippen MR) is 108 cm³/mol. The molecule has 158 valence electrons. The van der Waals surface area contributed by atoms with Gasteiger partial charge in [0.1, 0.15) is 11.5 Å². The van der Waals surface area contributed by atoms with E-state index in [1.165, 1.54) is 36.7 Å².